The van der Waals surface area contributed by atoms with E-state index in [1.54, 1.807) is 0 Å². The molecule has 0 radical (unpaired) electrons. The van der Waals surface area contributed by atoms with Crippen LogP contribution in [0.15, 0.2) is 30.6 Å². The summed E-state index contributed by atoms with van der Waals surface area (Å²) in [6.45, 7) is 0. The highest BCUT2D eigenvalue weighted by Gasteiger charge is 2.16. The van der Waals surface area contributed by atoms with Gasteiger partial charge in [0.1, 0.15) is 5.75 Å². The lowest BCUT2D eigenvalue weighted by Crippen LogP contribution is -2.02. The number of ether oxygens (including phenoxy) is 2. The van der Waals surface area contributed by atoms with E-state index < -0.39 is 10.9 Å². The zero-order valence-electron chi connectivity index (χ0n) is 10.7. The number of carboxylic acid groups (broad SMARTS) is 1. The van der Waals surface area contributed by atoms with Crippen LogP contribution < -0.4 is 9.47 Å². The summed E-state index contributed by atoms with van der Waals surface area (Å²) < 4.78 is 10.1. The van der Waals surface area contributed by atoms with Crippen LogP contribution in [0.4, 0.5) is 5.69 Å². The van der Waals surface area contributed by atoms with Crippen LogP contribution in [0, 0.1) is 10.1 Å². The van der Waals surface area contributed by atoms with Crippen molar-refractivity contribution in [3.63, 3.8) is 0 Å². The quantitative estimate of drug-likeness (QED) is 0.653. The Morgan fingerprint density at radius 1 is 1.38 bits per heavy atom. The molecule has 21 heavy (non-hydrogen) atoms. The second-order valence-corrected chi connectivity index (χ2v) is 3.74. The molecule has 0 bridgehead atoms. The Balaban J connectivity index is 2.31. The fourth-order valence-electron chi connectivity index (χ4n) is 1.50. The van der Waals surface area contributed by atoms with Crippen molar-refractivity contribution < 1.29 is 24.3 Å². The topological polar surface area (TPSA) is 125 Å². The van der Waals surface area contributed by atoms with Crippen LogP contribution in [0.1, 0.15) is 10.5 Å². The lowest BCUT2D eigenvalue weighted by atomic mass is 10.3. The van der Waals surface area contributed by atoms with Gasteiger partial charge in [-0.1, -0.05) is 0 Å². The van der Waals surface area contributed by atoms with Gasteiger partial charge in [-0.3, -0.25) is 15.1 Å². The number of hydrogen-bond acceptors (Lipinski definition) is 7. The number of carbonyl (C=O) groups is 1. The molecule has 0 unspecified atom stereocenters. The molecule has 1 aromatic heterocycles. The Labute approximate surface area is 117 Å². The molecule has 1 aromatic carbocycles. The van der Waals surface area contributed by atoms with Crippen LogP contribution in [0.2, 0.25) is 0 Å². The van der Waals surface area contributed by atoms with Gasteiger partial charge in [-0.25, -0.2) is 9.78 Å². The highest BCUT2D eigenvalue weighted by atomic mass is 16.6. The van der Waals surface area contributed by atoms with Crippen LogP contribution in [0.25, 0.3) is 0 Å². The average molecular weight is 291 g/mol. The van der Waals surface area contributed by atoms with E-state index in [1.807, 2.05) is 0 Å². The molecular formula is C12H9N3O6. The fourth-order valence-corrected chi connectivity index (χ4v) is 1.50. The number of nitro groups is 1. The van der Waals surface area contributed by atoms with E-state index in [-0.39, 0.29) is 28.8 Å². The van der Waals surface area contributed by atoms with E-state index in [1.165, 1.54) is 25.4 Å². The molecule has 0 amide bonds. The molecule has 0 aliphatic carbocycles. The minimum Gasteiger partial charge on any atom is -0.490 e. The maximum absolute atomic E-state index is 10.9. The van der Waals surface area contributed by atoms with E-state index in [2.05, 4.69) is 9.97 Å². The fraction of sp³-hybridized carbons (Fsp3) is 0.0833. The Bertz CT molecular complexity index is 703. The zero-order valence-corrected chi connectivity index (χ0v) is 10.7. The smallest absolute Gasteiger partial charge is 0.356 e. The Morgan fingerprint density at radius 2 is 2.14 bits per heavy atom. The third-order valence-electron chi connectivity index (χ3n) is 2.40. The van der Waals surface area contributed by atoms with E-state index >= 15 is 0 Å². The maximum Gasteiger partial charge on any atom is 0.356 e. The van der Waals surface area contributed by atoms with Crippen molar-refractivity contribution in [2.75, 3.05) is 7.11 Å². The average Bonchev–Trinajstić information content (AvgIpc) is 2.47. The minimum atomic E-state index is -1.26. The van der Waals surface area contributed by atoms with Gasteiger partial charge in [0.05, 0.1) is 30.5 Å². The van der Waals surface area contributed by atoms with Crippen molar-refractivity contribution >= 4 is 11.7 Å². The molecule has 2 rings (SSSR count). The summed E-state index contributed by atoms with van der Waals surface area (Å²) in [5, 5.41) is 19.7. The van der Waals surface area contributed by atoms with Crippen molar-refractivity contribution in [1.29, 1.82) is 0 Å². The monoisotopic (exact) mass is 291 g/mol. The Morgan fingerprint density at radius 3 is 2.76 bits per heavy atom. The lowest BCUT2D eigenvalue weighted by Gasteiger charge is -2.06. The zero-order chi connectivity index (χ0) is 15.4. The number of aromatic carboxylic acids is 1. The molecule has 0 aliphatic heterocycles. The molecule has 1 N–H and O–H groups in total. The Kier molecular flexibility index (Phi) is 3.93. The largest absolute Gasteiger partial charge is 0.490 e. The lowest BCUT2D eigenvalue weighted by molar-refractivity contribution is -0.385. The van der Waals surface area contributed by atoms with Crippen molar-refractivity contribution in [2.24, 2.45) is 0 Å². The molecule has 108 valence electrons. The van der Waals surface area contributed by atoms with Crippen molar-refractivity contribution in [2.45, 2.75) is 0 Å². The number of benzene rings is 1. The number of rotatable bonds is 5. The van der Waals surface area contributed by atoms with Crippen LogP contribution in [0.3, 0.4) is 0 Å². The molecule has 0 spiro atoms. The van der Waals surface area contributed by atoms with Gasteiger partial charge >= 0.3 is 11.7 Å². The second-order valence-electron chi connectivity index (χ2n) is 3.74. The van der Waals surface area contributed by atoms with Gasteiger partial charge < -0.3 is 14.6 Å². The van der Waals surface area contributed by atoms with Gasteiger partial charge in [-0.15, -0.1) is 0 Å². The van der Waals surface area contributed by atoms with E-state index in [9.17, 15) is 14.9 Å². The van der Waals surface area contributed by atoms with Gasteiger partial charge in [0.25, 0.3) is 0 Å². The maximum atomic E-state index is 10.9. The first-order valence-corrected chi connectivity index (χ1v) is 5.57. The molecular weight excluding hydrogens is 282 g/mol. The summed E-state index contributed by atoms with van der Waals surface area (Å²) in [5.41, 5.74) is -0.576. The summed E-state index contributed by atoms with van der Waals surface area (Å²) in [7, 11) is 1.31. The molecule has 2 aromatic rings. The molecule has 0 saturated heterocycles. The summed E-state index contributed by atoms with van der Waals surface area (Å²) in [6, 6.07) is 3.94. The van der Waals surface area contributed by atoms with Crippen molar-refractivity contribution in [3.05, 3.63) is 46.4 Å². The Hall–Kier alpha value is -3.23. The molecule has 0 atom stereocenters. The molecule has 0 saturated carbocycles. The second kappa shape index (κ2) is 5.82. The van der Waals surface area contributed by atoms with Gasteiger partial charge in [0, 0.05) is 0 Å². The summed E-state index contributed by atoms with van der Waals surface area (Å²) in [6.07, 6.45) is 2.26. The molecule has 9 nitrogen and oxygen atoms in total. The normalized spacial score (nSPS) is 9.95. The summed E-state index contributed by atoms with van der Waals surface area (Å²) in [5.74, 6) is -1.15. The van der Waals surface area contributed by atoms with Gasteiger partial charge in [-0.05, 0) is 12.1 Å². The molecule has 0 fully saturated rings. The molecule has 9 heteroatoms. The van der Waals surface area contributed by atoms with Crippen molar-refractivity contribution in [3.8, 4) is 17.4 Å². The number of hydrogen-bond donors (Lipinski definition) is 1. The number of nitrogens with zero attached hydrogens (tertiary/aromatic N) is 3. The standard InChI is InChI=1S/C12H9N3O6/c1-20-10-3-2-7(4-9(10)15(18)19)21-11-6-13-5-8(14-11)12(16)17/h2-6H,1H3,(H,16,17). The highest BCUT2D eigenvalue weighted by molar-refractivity contribution is 5.84. The van der Waals surface area contributed by atoms with Crippen molar-refractivity contribution in [1.82, 2.24) is 9.97 Å². The van der Waals surface area contributed by atoms with Crippen LogP contribution in [-0.2, 0) is 0 Å². The molecule has 0 aliphatic rings. The SMILES string of the molecule is COc1ccc(Oc2cncc(C(=O)O)n2)cc1[N+](=O)[O-]. The van der Waals surface area contributed by atoms with Gasteiger partial charge in [0.15, 0.2) is 11.4 Å². The first-order valence-electron chi connectivity index (χ1n) is 5.57. The third-order valence-corrected chi connectivity index (χ3v) is 2.40. The van der Waals surface area contributed by atoms with Crippen LogP contribution in [-0.4, -0.2) is 33.1 Å². The number of aromatic nitrogens is 2. The number of carboxylic acids is 1. The summed E-state index contributed by atoms with van der Waals surface area (Å²) >= 11 is 0. The first-order chi connectivity index (χ1) is 10.0. The van der Waals surface area contributed by atoms with E-state index in [0.29, 0.717) is 0 Å². The summed E-state index contributed by atoms with van der Waals surface area (Å²) in [4.78, 5) is 28.4. The number of nitro benzene ring substituents is 1. The van der Waals surface area contributed by atoms with Gasteiger partial charge in [0.2, 0.25) is 5.88 Å². The first kappa shape index (κ1) is 14.2. The highest BCUT2D eigenvalue weighted by Crippen LogP contribution is 2.32. The number of methoxy groups -OCH3 is 1. The minimum absolute atomic E-state index is 0.0812. The van der Waals surface area contributed by atoms with Crippen LogP contribution >= 0.6 is 0 Å². The predicted octanol–water partition coefficient (Wildman–Crippen LogP) is 1.88. The molecule has 1 heterocycles. The van der Waals surface area contributed by atoms with E-state index in [4.69, 9.17) is 14.6 Å². The third kappa shape index (κ3) is 3.21. The predicted molar refractivity (Wildman–Crippen MR) is 68.7 cm³/mol. The van der Waals surface area contributed by atoms with E-state index in [0.717, 1.165) is 12.3 Å². The van der Waals surface area contributed by atoms with Gasteiger partial charge in [-0.2, -0.15) is 0 Å². The van der Waals surface area contributed by atoms with Crippen LogP contribution in [0.5, 0.6) is 17.4 Å².